The highest BCUT2D eigenvalue weighted by atomic mass is 14.9. The molecule has 0 saturated carbocycles. The van der Waals surface area contributed by atoms with Gasteiger partial charge in [0.15, 0.2) is 0 Å². The van der Waals surface area contributed by atoms with Crippen molar-refractivity contribution in [3.8, 4) is 0 Å². The van der Waals surface area contributed by atoms with Gasteiger partial charge in [-0.25, -0.2) is 0 Å². The van der Waals surface area contributed by atoms with E-state index in [0.717, 1.165) is 6.42 Å². The average molecular weight is 209 g/mol. The Bertz CT molecular complexity index is 662. The van der Waals surface area contributed by atoms with E-state index in [2.05, 4.69) is 61.0 Å². The lowest BCUT2D eigenvalue weighted by Crippen LogP contribution is -1.87. The number of aryl methyl sites for hydroxylation is 2. The summed E-state index contributed by atoms with van der Waals surface area (Å²) < 4.78 is 2.28. The third-order valence-electron chi connectivity index (χ3n) is 3.39. The monoisotopic (exact) mass is 209 g/mol. The number of para-hydroxylation sites is 1. The fourth-order valence-electron chi connectivity index (χ4n) is 2.43. The second kappa shape index (κ2) is 3.38. The molecule has 0 spiro atoms. The Hall–Kier alpha value is -1.76. The van der Waals surface area contributed by atoms with Gasteiger partial charge < -0.3 is 4.57 Å². The Morgan fingerprint density at radius 2 is 1.69 bits per heavy atom. The highest BCUT2D eigenvalue weighted by molar-refractivity contribution is 6.08. The molecule has 1 aromatic heterocycles. The highest BCUT2D eigenvalue weighted by Gasteiger charge is 2.06. The van der Waals surface area contributed by atoms with Crippen molar-refractivity contribution in [2.45, 2.75) is 13.3 Å². The number of fused-ring (bicyclic) bond motifs is 3. The second-order valence-corrected chi connectivity index (χ2v) is 4.28. The van der Waals surface area contributed by atoms with Gasteiger partial charge in [-0.1, -0.05) is 37.3 Å². The first kappa shape index (κ1) is 9.46. The van der Waals surface area contributed by atoms with Gasteiger partial charge in [0.25, 0.3) is 0 Å². The minimum atomic E-state index is 1.09. The van der Waals surface area contributed by atoms with Crippen LogP contribution in [0.25, 0.3) is 21.8 Å². The van der Waals surface area contributed by atoms with Crippen LogP contribution in [-0.4, -0.2) is 4.57 Å². The Kier molecular flexibility index (Phi) is 2.00. The Morgan fingerprint density at radius 1 is 0.938 bits per heavy atom. The molecular weight excluding hydrogens is 194 g/mol. The molecule has 1 nitrogen and oxygen atoms in total. The second-order valence-electron chi connectivity index (χ2n) is 4.28. The molecular formula is C15H15N. The molecule has 0 unspecified atom stereocenters. The molecule has 3 aromatic rings. The van der Waals surface area contributed by atoms with Crippen molar-refractivity contribution in [3.05, 3.63) is 48.0 Å². The van der Waals surface area contributed by atoms with E-state index in [-0.39, 0.29) is 0 Å². The smallest absolute Gasteiger partial charge is 0.0491 e. The van der Waals surface area contributed by atoms with E-state index in [1.165, 1.54) is 27.4 Å². The molecule has 0 atom stereocenters. The SMILES string of the molecule is CCc1ccc2c3ccccc3n(C)c2c1. The third-order valence-corrected chi connectivity index (χ3v) is 3.39. The molecule has 0 saturated heterocycles. The van der Waals surface area contributed by atoms with Gasteiger partial charge in [0.1, 0.15) is 0 Å². The molecule has 2 aromatic carbocycles. The lowest BCUT2D eigenvalue weighted by Gasteiger charge is -1.99. The van der Waals surface area contributed by atoms with Gasteiger partial charge >= 0.3 is 0 Å². The number of hydrogen-bond donors (Lipinski definition) is 0. The lowest BCUT2D eigenvalue weighted by molar-refractivity contribution is 1.01. The van der Waals surface area contributed by atoms with Crippen LogP contribution in [-0.2, 0) is 13.5 Å². The third kappa shape index (κ3) is 1.18. The van der Waals surface area contributed by atoms with Crippen LogP contribution in [0.1, 0.15) is 12.5 Å². The molecule has 0 radical (unpaired) electrons. The number of benzene rings is 2. The first-order chi connectivity index (χ1) is 7.81. The molecule has 0 aliphatic rings. The fourth-order valence-corrected chi connectivity index (χ4v) is 2.43. The van der Waals surface area contributed by atoms with Gasteiger partial charge in [-0.15, -0.1) is 0 Å². The van der Waals surface area contributed by atoms with E-state index in [9.17, 15) is 0 Å². The predicted molar refractivity (Wildman–Crippen MR) is 69.8 cm³/mol. The summed E-state index contributed by atoms with van der Waals surface area (Å²) in [5, 5.41) is 2.71. The quantitative estimate of drug-likeness (QED) is 0.573. The van der Waals surface area contributed by atoms with Crippen molar-refractivity contribution < 1.29 is 0 Å². The molecule has 3 rings (SSSR count). The molecule has 1 heteroatoms. The maximum Gasteiger partial charge on any atom is 0.0491 e. The van der Waals surface area contributed by atoms with Crippen LogP contribution in [0.15, 0.2) is 42.5 Å². The summed E-state index contributed by atoms with van der Waals surface area (Å²) in [4.78, 5) is 0. The number of nitrogens with zero attached hydrogens (tertiary/aromatic N) is 1. The van der Waals surface area contributed by atoms with E-state index in [1.807, 2.05) is 0 Å². The van der Waals surface area contributed by atoms with E-state index in [0.29, 0.717) is 0 Å². The molecule has 16 heavy (non-hydrogen) atoms. The van der Waals surface area contributed by atoms with Gasteiger partial charge in [0.2, 0.25) is 0 Å². The maximum absolute atomic E-state index is 2.30. The minimum absolute atomic E-state index is 1.09. The summed E-state index contributed by atoms with van der Waals surface area (Å²) in [5.41, 5.74) is 4.05. The number of rotatable bonds is 1. The van der Waals surface area contributed by atoms with Crippen molar-refractivity contribution in [2.24, 2.45) is 7.05 Å². The predicted octanol–water partition coefficient (Wildman–Crippen LogP) is 3.89. The maximum atomic E-state index is 2.30. The normalized spacial score (nSPS) is 11.4. The van der Waals surface area contributed by atoms with Gasteiger partial charge in [-0.05, 0) is 24.1 Å². The van der Waals surface area contributed by atoms with Gasteiger partial charge in [-0.2, -0.15) is 0 Å². The number of aromatic nitrogens is 1. The van der Waals surface area contributed by atoms with Crippen LogP contribution >= 0.6 is 0 Å². The van der Waals surface area contributed by atoms with Crippen LogP contribution in [0.2, 0.25) is 0 Å². The molecule has 1 heterocycles. The van der Waals surface area contributed by atoms with Crippen LogP contribution in [0.3, 0.4) is 0 Å². The van der Waals surface area contributed by atoms with Gasteiger partial charge in [0.05, 0.1) is 0 Å². The fraction of sp³-hybridized carbons (Fsp3) is 0.200. The van der Waals surface area contributed by atoms with E-state index in [4.69, 9.17) is 0 Å². The highest BCUT2D eigenvalue weighted by Crippen LogP contribution is 2.28. The Balaban J connectivity index is 2.51. The van der Waals surface area contributed by atoms with Crippen LogP contribution in [0.5, 0.6) is 0 Å². The summed E-state index contributed by atoms with van der Waals surface area (Å²) in [5.74, 6) is 0. The Morgan fingerprint density at radius 3 is 2.50 bits per heavy atom. The standard InChI is InChI=1S/C15H15N/c1-3-11-8-9-13-12-6-4-5-7-14(12)16(2)15(13)10-11/h4-10H,3H2,1-2H3. The minimum Gasteiger partial charge on any atom is -0.344 e. The summed E-state index contributed by atoms with van der Waals surface area (Å²) in [6.45, 7) is 2.20. The Labute approximate surface area is 95.3 Å². The number of hydrogen-bond acceptors (Lipinski definition) is 0. The molecule has 0 bridgehead atoms. The first-order valence-corrected chi connectivity index (χ1v) is 5.77. The largest absolute Gasteiger partial charge is 0.344 e. The van der Waals surface area contributed by atoms with Crippen molar-refractivity contribution in [1.29, 1.82) is 0 Å². The summed E-state index contributed by atoms with van der Waals surface area (Å²) >= 11 is 0. The molecule has 0 aliphatic carbocycles. The van der Waals surface area contributed by atoms with Crippen LogP contribution in [0.4, 0.5) is 0 Å². The summed E-state index contributed by atoms with van der Waals surface area (Å²) in [6, 6.07) is 15.4. The zero-order chi connectivity index (χ0) is 11.1. The van der Waals surface area contributed by atoms with Crippen molar-refractivity contribution in [3.63, 3.8) is 0 Å². The van der Waals surface area contributed by atoms with E-state index in [1.54, 1.807) is 0 Å². The van der Waals surface area contributed by atoms with Gasteiger partial charge in [-0.3, -0.25) is 0 Å². The van der Waals surface area contributed by atoms with Crippen LogP contribution in [0, 0.1) is 0 Å². The van der Waals surface area contributed by atoms with Crippen molar-refractivity contribution >= 4 is 21.8 Å². The van der Waals surface area contributed by atoms with Gasteiger partial charge in [0, 0.05) is 28.9 Å². The molecule has 0 fully saturated rings. The van der Waals surface area contributed by atoms with Crippen LogP contribution < -0.4 is 0 Å². The first-order valence-electron chi connectivity index (χ1n) is 5.77. The summed E-state index contributed by atoms with van der Waals surface area (Å²) in [6.07, 6.45) is 1.09. The van der Waals surface area contributed by atoms with Crippen molar-refractivity contribution in [1.82, 2.24) is 4.57 Å². The van der Waals surface area contributed by atoms with Crippen molar-refractivity contribution in [2.75, 3.05) is 0 Å². The summed E-state index contributed by atoms with van der Waals surface area (Å²) in [7, 11) is 2.14. The average Bonchev–Trinajstić information content (AvgIpc) is 2.64. The topological polar surface area (TPSA) is 4.93 Å². The van der Waals surface area contributed by atoms with E-state index < -0.39 is 0 Å². The molecule has 80 valence electrons. The zero-order valence-electron chi connectivity index (χ0n) is 9.70. The van der Waals surface area contributed by atoms with E-state index >= 15 is 0 Å². The molecule has 0 aliphatic heterocycles. The lowest BCUT2D eigenvalue weighted by atomic mass is 10.1. The molecule has 0 amide bonds. The molecule has 0 N–H and O–H groups in total. The zero-order valence-corrected chi connectivity index (χ0v) is 9.70.